The zero-order valence-electron chi connectivity index (χ0n) is 53.8. The molecule has 4 aromatic heterocycles. The number of thiazole rings is 2. The van der Waals surface area contributed by atoms with Gasteiger partial charge in [-0.05, 0) is 102 Å². The molecular weight excluding hydrogens is 1380 g/mol. The fraction of sp³-hybridized carbons (Fsp3) is 0.467. The molecule has 524 valence electrons. The van der Waals surface area contributed by atoms with Crippen LogP contribution in [0, 0.1) is 0 Å². The predicted octanol–water partition coefficient (Wildman–Crippen LogP) is 10.6. The quantitative estimate of drug-likeness (QED) is 0.0250. The molecule has 2 amide bonds. The van der Waals surface area contributed by atoms with E-state index in [1.54, 1.807) is 44.5 Å². The maximum atomic E-state index is 14.2. The molecular formula is C60H76N6O24P2S4. The first-order chi connectivity index (χ1) is 45.6. The molecule has 2 saturated heterocycles. The number of carbonyl (C=O) groups excluding carboxylic acids is 4. The number of benzene rings is 2. The number of aliphatic hydroxyl groups excluding tert-OH is 2. The number of carbonyl (C=O) groups is 4. The number of hydrogen-bond acceptors (Lipinski definition) is 29. The summed E-state index contributed by atoms with van der Waals surface area (Å²) < 4.78 is 141. The minimum absolute atomic E-state index is 0.0476. The van der Waals surface area contributed by atoms with E-state index in [-0.39, 0.29) is 117 Å². The second-order valence-electron chi connectivity index (χ2n) is 21.8. The SMILES string of the molecule is CC[C@@H](CCO)Oc1cc(Oc2ccc(S(C)(=O)=O)nc2)cc(C(=O)N(COC(=O)OC(C)C)c2nc(CP3(=O)OCCCO3)cs2)c1.CC[C@@H](CCO)Oc1cc(Oc2ccc(S(C)(=O)=O)nc2)cc(C(=O)N=c2scc(CP3(=O)OCCCO3)n2COC(=O)OC(C)C)c1. The highest BCUT2D eigenvalue weighted by Gasteiger charge is 2.33. The summed E-state index contributed by atoms with van der Waals surface area (Å²) in [6.07, 6.45) is 3.71. The van der Waals surface area contributed by atoms with Gasteiger partial charge in [-0.25, -0.2) is 46.3 Å². The molecule has 2 N–H and O–H groups in total. The lowest BCUT2D eigenvalue weighted by Gasteiger charge is -2.23. The van der Waals surface area contributed by atoms with E-state index < -0.39 is 84.7 Å². The summed E-state index contributed by atoms with van der Waals surface area (Å²) in [6.45, 7) is 10.3. The van der Waals surface area contributed by atoms with Crippen molar-refractivity contribution in [1.29, 1.82) is 0 Å². The van der Waals surface area contributed by atoms with Crippen molar-refractivity contribution in [2.24, 2.45) is 4.99 Å². The molecule has 8 rings (SSSR count). The molecule has 2 aliphatic rings. The molecule has 2 aliphatic heterocycles. The maximum absolute atomic E-state index is 14.2. The number of pyridine rings is 2. The number of aliphatic hydroxyl groups is 2. The molecule has 0 bridgehead atoms. The summed E-state index contributed by atoms with van der Waals surface area (Å²) >= 11 is 2.10. The van der Waals surface area contributed by atoms with Crippen molar-refractivity contribution in [1.82, 2.24) is 19.5 Å². The van der Waals surface area contributed by atoms with Crippen LogP contribution in [0.25, 0.3) is 0 Å². The minimum Gasteiger partial charge on any atom is -0.490 e. The van der Waals surface area contributed by atoms with Crippen LogP contribution in [0.2, 0.25) is 0 Å². The molecule has 6 heterocycles. The fourth-order valence-electron chi connectivity index (χ4n) is 8.57. The highest BCUT2D eigenvalue weighted by Crippen LogP contribution is 2.54. The van der Waals surface area contributed by atoms with Crippen molar-refractivity contribution in [3.8, 4) is 34.5 Å². The van der Waals surface area contributed by atoms with Crippen LogP contribution in [-0.2, 0) is 84.9 Å². The number of hydrogen-bond donors (Lipinski definition) is 2. The summed E-state index contributed by atoms with van der Waals surface area (Å²) in [4.78, 5) is 70.2. The average Bonchev–Trinajstić information content (AvgIpc) is 1.62. The van der Waals surface area contributed by atoms with Crippen molar-refractivity contribution in [2.75, 3.05) is 63.8 Å². The Morgan fingerprint density at radius 1 is 0.646 bits per heavy atom. The first-order valence-electron chi connectivity index (χ1n) is 30.1. The van der Waals surface area contributed by atoms with Gasteiger partial charge in [0.1, 0.15) is 46.7 Å². The third-order valence-corrected chi connectivity index (χ3v) is 20.7. The molecule has 30 nitrogen and oxygen atoms in total. The third kappa shape index (κ3) is 23.5. The normalized spacial score (nSPS) is 15.3. The lowest BCUT2D eigenvalue weighted by Crippen LogP contribution is -2.34. The molecule has 6 aromatic rings. The van der Waals surface area contributed by atoms with Crippen LogP contribution < -0.4 is 28.6 Å². The Balaban J connectivity index is 0.000000271. The van der Waals surface area contributed by atoms with E-state index in [0.717, 1.165) is 40.1 Å². The zero-order chi connectivity index (χ0) is 69.8. The van der Waals surface area contributed by atoms with Crippen molar-refractivity contribution in [3.05, 3.63) is 111 Å². The highest BCUT2D eigenvalue weighted by atomic mass is 32.2. The molecule has 2 atom stereocenters. The van der Waals surface area contributed by atoms with Crippen LogP contribution in [0.15, 0.2) is 98.9 Å². The summed E-state index contributed by atoms with van der Waals surface area (Å²) in [5.41, 5.74) is 0.862. The van der Waals surface area contributed by atoms with Gasteiger partial charge in [-0.1, -0.05) is 13.8 Å². The van der Waals surface area contributed by atoms with E-state index in [4.69, 9.17) is 56.0 Å². The number of anilines is 1. The topological polar surface area (TPSA) is 381 Å². The molecule has 0 unspecified atom stereocenters. The molecule has 2 aromatic carbocycles. The van der Waals surface area contributed by atoms with E-state index in [0.29, 0.717) is 63.1 Å². The predicted molar refractivity (Wildman–Crippen MR) is 348 cm³/mol. The van der Waals surface area contributed by atoms with E-state index in [2.05, 4.69) is 19.9 Å². The monoisotopic (exact) mass is 1450 g/mol. The molecule has 2 fully saturated rings. The summed E-state index contributed by atoms with van der Waals surface area (Å²) in [6, 6.07) is 14.3. The van der Waals surface area contributed by atoms with E-state index in [9.17, 15) is 55.4 Å². The smallest absolute Gasteiger partial charge is 0.490 e. The number of ether oxygens (including phenoxy) is 8. The number of aromatic nitrogens is 4. The average molecular weight is 1460 g/mol. The van der Waals surface area contributed by atoms with Crippen LogP contribution in [0.1, 0.15) is 112 Å². The van der Waals surface area contributed by atoms with Gasteiger partial charge < -0.3 is 66.2 Å². The van der Waals surface area contributed by atoms with Crippen LogP contribution in [-0.4, -0.2) is 154 Å². The van der Waals surface area contributed by atoms with Gasteiger partial charge in [0, 0.05) is 78.3 Å². The highest BCUT2D eigenvalue weighted by molar-refractivity contribution is 7.90. The molecule has 0 aliphatic carbocycles. The summed E-state index contributed by atoms with van der Waals surface area (Å²) in [5.74, 6) is -0.182. The number of rotatable bonds is 29. The molecule has 0 saturated carbocycles. The van der Waals surface area contributed by atoms with Gasteiger partial charge in [0.25, 0.3) is 11.8 Å². The van der Waals surface area contributed by atoms with Gasteiger partial charge in [0.15, 0.2) is 53.1 Å². The largest absolute Gasteiger partial charge is 0.510 e. The molecule has 36 heteroatoms. The second-order valence-corrected chi connectivity index (χ2v) is 31.5. The van der Waals surface area contributed by atoms with Gasteiger partial charge in [0.05, 0.1) is 69.0 Å². The Hall–Kier alpha value is -7.20. The molecule has 0 radical (unpaired) electrons. The van der Waals surface area contributed by atoms with Gasteiger partial charge >= 0.3 is 27.5 Å². The zero-order valence-corrected chi connectivity index (χ0v) is 58.8. The standard InChI is InChI=1S/2C30H38N3O12PS2/c1-5-23(9-10-34)44-25-13-21(14-26(15-25)45-24-7-8-27(31-16-24)48(4,38)39)28(35)32-29-33(19-40-30(36)43-20(2)3)22(18-47-29)17-46(37)41-11-6-12-42-46;1-5-23(9-10-34)44-25-13-21(14-26(15-25)45-24-7-8-27(31-16-24)48(4,38)39)28(35)33(19-40-30(36)43-20(2)3)29-32-22(18-47-29)17-46(37)41-11-6-12-42-46/h2*7-8,13-16,18,20,23,34H,5-6,9-12,17,19H2,1-4H3/t2*23-/m00/s1. The number of sulfone groups is 2. The first kappa shape index (κ1) is 76.2. The lowest BCUT2D eigenvalue weighted by molar-refractivity contribution is 0.0149. The summed E-state index contributed by atoms with van der Waals surface area (Å²) in [5, 5.41) is 22.0. The maximum Gasteiger partial charge on any atom is 0.510 e. The fourth-order valence-corrected chi connectivity index (χ4v) is 15.0. The van der Waals surface area contributed by atoms with Crippen LogP contribution in [0.3, 0.4) is 0 Å². The first-order valence-corrected chi connectivity index (χ1v) is 39.1. The minimum atomic E-state index is -3.54. The van der Waals surface area contributed by atoms with Crippen LogP contribution in [0.4, 0.5) is 14.7 Å². The van der Waals surface area contributed by atoms with Gasteiger partial charge in [-0.15, -0.1) is 22.7 Å². The van der Waals surface area contributed by atoms with E-state index in [1.807, 2.05) is 13.8 Å². The Kier molecular flexibility index (Phi) is 28.0. The second kappa shape index (κ2) is 35.3. The Labute approximate surface area is 562 Å². The van der Waals surface area contributed by atoms with Gasteiger partial charge in [-0.3, -0.25) is 23.3 Å². The number of amides is 2. The Morgan fingerprint density at radius 3 is 1.59 bits per heavy atom. The Bertz CT molecular complexity index is 4020. The van der Waals surface area contributed by atoms with Crippen molar-refractivity contribution >= 4 is 86.8 Å². The summed E-state index contributed by atoms with van der Waals surface area (Å²) in [7, 11) is -14.0. The molecule has 96 heavy (non-hydrogen) atoms. The van der Waals surface area contributed by atoms with Crippen molar-refractivity contribution in [2.45, 2.75) is 134 Å². The van der Waals surface area contributed by atoms with E-state index >= 15 is 0 Å². The van der Waals surface area contributed by atoms with Crippen molar-refractivity contribution < 1.29 is 111 Å². The lowest BCUT2D eigenvalue weighted by atomic mass is 10.1. The van der Waals surface area contributed by atoms with E-state index in [1.165, 1.54) is 71.6 Å². The number of nitrogens with zero attached hydrogens (tertiary/aromatic N) is 6. The van der Waals surface area contributed by atoms with Crippen molar-refractivity contribution in [3.63, 3.8) is 0 Å². The Morgan fingerprint density at radius 2 is 1.12 bits per heavy atom. The van der Waals surface area contributed by atoms with Gasteiger partial charge in [0.2, 0.25) is 0 Å². The van der Waals surface area contributed by atoms with Gasteiger partial charge in [-0.2, -0.15) is 4.99 Å². The third-order valence-electron chi connectivity index (χ3n) is 13.1. The van der Waals surface area contributed by atoms with Crippen LogP contribution in [0.5, 0.6) is 34.5 Å². The van der Waals surface area contributed by atoms with Crippen LogP contribution >= 0.6 is 37.9 Å². The molecule has 0 spiro atoms.